The molecule has 0 spiro atoms. The third kappa shape index (κ3) is 6.63. The van der Waals surface area contributed by atoms with Crippen LogP contribution in [-0.2, 0) is 11.2 Å². The smallest absolute Gasteiger partial charge is 0.335 e. The number of aliphatic hydroxyl groups excluding tert-OH is 1. The minimum atomic E-state index is -0.930. The summed E-state index contributed by atoms with van der Waals surface area (Å²) >= 11 is 0. The van der Waals surface area contributed by atoms with E-state index in [-0.39, 0.29) is 18.1 Å². The summed E-state index contributed by atoms with van der Waals surface area (Å²) in [5.74, 6) is 0.142. The molecule has 1 fully saturated rings. The Kier molecular flexibility index (Phi) is 8.25. The molecule has 2 N–H and O–H groups in total. The number of aliphatic hydroxyl groups is 1. The monoisotopic (exact) mass is 376 g/mol. The van der Waals surface area contributed by atoms with Crippen molar-refractivity contribution >= 4 is 11.9 Å². The molecule has 1 aromatic rings. The van der Waals surface area contributed by atoms with Crippen LogP contribution in [-0.4, -0.2) is 58.3 Å². The summed E-state index contributed by atoms with van der Waals surface area (Å²) in [4.78, 5) is 23.1. The lowest BCUT2D eigenvalue weighted by atomic mass is 9.93. The summed E-state index contributed by atoms with van der Waals surface area (Å²) in [5.41, 5.74) is 1.30. The molecule has 1 aromatic carbocycles. The number of carboxylic acid groups (broad SMARTS) is 1. The van der Waals surface area contributed by atoms with Gasteiger partial charge in [-0.25, -0.2) is 9.80 Å². The van der Waals surface area contributed by atoms with E-state index in [0.29, 0.717) is 31.2 Å². The van der Waals surface area contributed by atoms with Crippen LogP contribution < -0.4 is 0 Å². The fourth-order valence-electron chi connectivity index (χ4n) is 3.69. The number of carboxylic acids is 1. The fraction of sp³-hybridized carbons (Fsp3) is 0.619. The number of hydrazine groups is 1. The zero-order valence-electron chi connectivity index (χ0n) is 16.4. The topological polar surface area (TPSA) is 81.1 Å². The molecule has 0 saturated carbocycles. The Morgan fingerprint density at radius 3 is 2.48 bits per heavy atom. The van der Waals surface area contributed by atoms with Gasteiger partial charge in [0.05, 0.1) is 5.56 Å². The van der Waals surface area contributed by atoms with Crippen LogP contribution in [0.25, 0.3) is 0 Å². The summed E-state index contributed by atoms with van der Waals surface area (Å²) < 4.78 is 0. The first-order chi connectivity index (χ1) is 12.9. The Balaban J connectivity index is 1.82. The number of benzene rings is 1. The van der Waals surface area contributed by atoms with E-state index < -0.39 is 5.97 Å². The normalized spacial score (nSPS) is 16.3. The highest BCUT2D eigenvalue weighted by atomic mass is 16.4. The van der Waals surface area contributed by atoms with Crippen molar-refractivity contribution in [3.8, 4) is 0 Å². The van der Waals surface area contributed by atoms with Crippen LogP contribution in [0.4, 0.5) is 0 Å². The van der Waals surface area contributed by atoms with Crippen molar-refractivity contribution < 1.29 is 19.8 Å². The molecule has 1 aliphatic heterocycles. The molecule has 1 unspecified atom stereocenters. The van der Waals surface area contributed by atoms with Crippen LogP contribution in [0, 0.1) is 11.8 Å². The van der Waals surface area contributed by atoms with Crippen LogP contribution in [0.3, 0.4) is 0 Å². The Labute approximate surface area is 161 Å². The molecule has 0 aliphatic carbocycles. The van der Waals surface area contributed by atoms with E-state index >= 15 is 0 Å². The van der Waals surface area contributed by atoms with Crippen LogP contribution >= 0.6 is 0 Å². The first kappa shape index (κ1) is 21.4. The minimum Gasteiger partial charge on any atom is -0.478 e. The Hall–Kier alpha value is -1.92. The van der Waals surface area contributed by atoms with Crippen LogP contribution in [0.1, 0.15) is 55.5 Å². The number of aromatic carboxylic acids is 1. The van der Waals surface area contributed by atoms with Crippen molar-refractivity contribution in [1.29, 1.82) is 0 Å². The molecule has 1 aliphatic rings. The van der Waals surface area contributed by atoms with Crippen molar-refractivity contribution in [1.82, 2.24) is 10.0 Å². The summed E-state index contributed by atoms with van der Waals surface area (Å²) in [6.07, 6.45) is 4.23. The number of hydrogen-bond donors (Lipinski definition) is 2. The third-order valence-electron chi connectivity index (χ3n) is 5.12. The van der Waals surface area contributed by atoms with Gasteiger partial charge in [0.1, 0.15) is 0 Å². The molecule has 0 bridgehead atoms. The van der Waals surface area contributed by atoms with Gasteiger partial charge in [0, 0.05) is 32.7 Å². The highest BCUT2D eigenvalue weighted by Crippen LogP contribution is 2.19. The molecule has 1 amide bonds. The summed E-state index contributed by atoms with van der Waals surface area (Å²) in [7, 11) is 0. The zero-order valence-corrected chi connectivity index (χ0v) is 16.4. The van der Waals surface area contributed by atoms with E-state index in [4.69, 9.17) is 5.11 Å². The van der Waals surface area contributed by atoms with Crippen molar-refractivity contribution in [2.45, 2.75) is 46.0 Å². The Morgan fingerprint density at radius 1 is 1.19 bits per heavy atom. The van der Waals surface area contributed by atoms with E-state index in [1.54, 1.807) is 12.1 Å². The van der Waals surface area contributed by atoms with Gasteiger partial charge in [-0.15, -0.1) is 0 Å². The van der Waals surface area contributed by atoms with Gasteiger partial charge >= 0.3 is 5.97 Å². The minimum absolute atomic E-state index is 0.151. The van der Waals surface area contributed by atoms with Crippen LogP contribution in [0.2, 0.25) is 0 Å². The predicted molar refractivity (Wildman–Crippen MR) is 104 cm³/mol. The molecule has 6 nitrogen and oxygen atoms in total. The number of nitrogens with zero attached hydrogens (tertiary/aromatic N) is 2. The Morgan fingerprint density at radius 2 is 1.89 bits per heavy atom. The molecule has 150 valence electrons. The van der Waals surface area contributed by atoms with Gasteiger partial charge in [0.15, 0.2) is 0 Å². The molecule has 0 radical (unpaired) electrons. The highest BCUT2D eigenvalue weighted by Gasteiger charge is 2.28. The van der Waals surface area contributed by atoms with Crippen LogP contribution in [0.5, 0.6) is 0 Å². The van der Waals surface area contributed by atoms with Crippen molar-refractivity contribution in [3.63, 3.8) is 0 Å². The average Bonchev–Trinajstić information content (AvgIpc) is 2.98. The Bertz CT molecular complexity index is 615. The third-order valence-corrected chi connectivity index (χ3v) is 5.12. The molecule has 1 saturated heterocycles. The molecular formula is C21H32N2O4. The van der Waals surface area contributed by atoms with E-state index in [9.17, 15) is 14.7 Å². The maximum absolute atomic E-state index is 12.2. The van der Waals surface area contributed by atoms with E-state index in [0.717, 1.165) is 37.9 Å². The van der Waals surface area contributed by atoms with E-state index in [2.05, 4.69) is 18.9 Å². The molecule has 27 heavy (non-hydrogen) atoms. The highest BCUT2D eigenvalue weighted by molar-refractivity contribution is 5.87. The van der Waals surface area contributed by atoms with Crippen LogP contribution in [0.15, 0.2) is 24.3 Å². The van der Waals surface area contributed by atoms with Gasteiger partial charge in [-0.05, 0) is 55.2 Å². The lowest BCUT2D eigenvalue weighted by molar-refractivity contribution is -0.138. The number of carbonyl (C=O) groups excluding carboxylic acids is 1. The van der Waals surface area contributed by atoms with Crippen molar-refractivity contribution in [2.24, 2.45) is 11.8 Å². The standard InChI is InChI=1S/C21H32N2O4/c1-16(2)14-18(15-24)4-3-11-22-12-10-20(25)23(22)13-9-17-5-7-19(8-6-17)21(26)27/h5-8,16,18,24H,3-4,9-15H2,1-2H3,(H,26,27). The SMILES string of the molecule is CC(C)CC(CO)CCCN1CCC(=O)N1CCc1ccc(C(=O)O)cc1. The van der Waals surface area contributed by atoms with Crippen molar-refractivity contribution in [3.05, 3.63) is 35.4 Å². The van der Waals surface area contributed by atoms with Gasteiger partial charge in [-0.2, -0.15) is 0 Å². The molecule has 6 heteroatoms. The largest absolute Gasteiger partial charge is 0.478 e. The second-order valence-corrected chi connectivity index (χ2v) is 7.79. The second-order valence-electron chi connectivity index (χ2n) is 7.79. The van der Waals surface area contributed by atoms with Gasteiger partial charge in [0.25, 0.3) is 0 Å². The first-order valence-electron chi connectivity index (χ1n) is 9.89. The summed E-state index contributed by atoms with van der Waals surface area (Å²) in [6.45, 7) is 6.77. The molecule has 0 aromatic heterocycles. The summed E-state index contributed by atoms with van der Waals surface area (Å²) in [5, 5.41) is 22.4. The lowest BCUT2D eigenvalue weighted by Crippen LogP contribution is -2.41. The molecular weight excluding hydrogens is 344 g/mol. The van der Waals surface area contributed by atoms with Gasteiger partial charge in [0.2, 0.25) is 5.91 Å². The second kappa shape index (κ2) is 10.4. The molecule has 1 heterocycles. The maximum Gasteiger partial charge on any atom is 0.335 e. The lowest BCUT2D eigenvalue weighted by Gasteiger charge is -2.28. The maximum atomic E-state index is 12.2. The van der Waals surface area contributed by atoms with E-state index in [1.165, 1.54) is 0 Å². The zero-order chi connectivity index (χ0) is 19.8. The number of hydrogen-bond acceptors (Lipinski definition) is 4. The van der Waals surface area contributed by atoms with Crippen molar-refractivity contribution in [2.75, 3.05) is 26.2 Å². The predicted octanol–water partition coefficient (Wildman–Crippen LogP) is 2.81. The number of carbonyl (C=O) groups is 2. The van der Waals surface area contributed by atoms with Gasteiger partial charge < -0.3 is 10.2 Å². The first-order valence-corrected chi connectivity index (χ1v) is 9.89. The average molecular weight is 376 g/mol. The van der Waals surface area contributed by atoms with Gasteiger partial charge in [-0.3, -0.25) is 9.80 Å². The number of amides is 1. The quantitative estimate of drug-likeness (QED) is 0.621. The van der Waals surface area contributed by atoms with Gasteiger partial charge in [-0.1, -0.05) is 26.0 Å². The fourth-order valence-corrected chi connectivity index (χ4v) is 3.69. The molecule has 1 atom stereocenters. The summed E-state index contributed by atoms with van der Waals surface area (Å²) in [6, 6.07) is 6.83. The van der Waals surface area contributed by atoms with E-state index in [1.807, 2.05) is 17.1 Å². The number of rotatable bonds is 11. The molecule has 2 rings (SSSR count).